The van der Waals surface area contributed by atoms with Gasteiger partial charge in [-0.25, -0.2) is 4.39 Å². The van der Waals surface area contributed by atoms with Gasteiger partial charge in [0.25, 0.3) is 0 Å². The van der Waals surface area contributed by atoms with Gasteiger partial charge in [0, 0.05) is 11.1 Å². The molecule has 0 saturated heterocycles. The van der Waals surface area contributed by atoms with Crippen LogP contribution in [0.25, 0.3) is 0 Å². The molecule has 1 saturated carbocycles. The second-order valence-corrected chi connectivity index (χ2v) is 6.47. The van der Waals surface area contributed by atoms with Crippen molar-refractivity contribution in [3.05, 3.63) is 34.6 Å². The molecule has 1 aromatic carbocycles. The molecule has 0 spiro atoms. The highest BCUT2D eigenvalue weighted by atomic mass is 35.5. The Morgan fingerprint density at radius 2 is 2.20 bits per heavy atom. The molecule has 2 rings (SSSR count). The zero-order chi connectivity index (χ0) is 14.5. The Bertz CT molecular complexity index is 435. The third kappa shape index (κ3) is 3.95. The zero-order valence-corrected chi connectivity index (χ0v) is 13.2. The normalized spacial score (nSPS) is 24.6. The van der Waals surface area contributed by atoms with Gasteiger partial charge in [-0.3, -0.25) is 0 Å². The number of nitrogens with one attached hydrogen (secondary N) is 1. The number of halogens is 2. The van der Waals surface area contributed by atoms with E-state index in [1.54, 1.807) is 12.1 Å². The molecule has 0 aliphatic heterocycles. The van der Waals surface area contributed by atoms with Gasteiger partial charge in [0.15, 0.2) is 0 Å². The van der Waals surface area contributed by atoms with E-state index in [1.807, 2.05) is 7.05 Å². The number of hydrogen-bond acceptors (Lipinski definition) is 1. The second-order valence-electron chi connectivity index (χ2n) is 6.04. The van der Waals surface area contributed by atoms with Gasteiger partial charge >= 0.3 is 0 Å². The van der Waals surface area contributed by atoms with Crippen LogP contribution in [-0.2, 0) is 6.42 Å². The highest BCUT2D eigenvalue weighted by molar-refractivity contribution is 6.30. The van der Waals surface area contributed by atoms with Crippen molar-refractivity contribution in [2.45, 2.75) is 51.5 Å². The Kier molecular flexibility index (Phi) is 5.86. The summed E-state index contributed by atoms with van der Waals surface area (Å²) in [6.07, 6.45) is 7.17. The lowest BCUT2D eigenvalue weighted by Gasteiger charge is -2.34. The van der Waals surface area contributed by atoms with Crippen molar-refractivity contribution in [1.29, 1.82) is 0 Å². The van der Waals surface area contributed by atoms with E-state index in [9.17, 15) is 4.39 Å². The maximum absolute atomic E-state index is 13.9. The minimum atomic E-state index is -0.141. The van der Waals surface area contributed by atoms with E-state index in [1.165, 1.54) is 38.2 Å². The zero-order valence-electron chi connectivity index (χ0n) is 12.5. The van der Waals surface area contributed by atoms with Gasteiger partial charge in [0.1, 0.15) is 5.82 Å². The first kappa shape index (κ1) is 15.8. The molecule has 0 aromatic heterocycles. The third-order valence-electron chi connectivity index (χ3n) is 4.79. The molecule has 1 nitrogen and oxygen atoms in total. The monoisotopic (exact) mass is 297 g/mol. The molecule has 112 valence electrons. The van der Waals surface area contributed by atoms with Crippen LogP contribution < -0.4 is 5.32 Å². The molecule has 0 heterocycles. The van der Waals surface area contributed by atoms with Crippen molar-refractivity contribution in [3.63, 3.8) is 0 Å². The quantitative estimate of drug-likeness (QED) is 0.821. The van der Waals surface area contributed by atoms with E-state index in [0.29, 0.717) is 17.0 Å². The summed E-state index contributed by atoms with van der Waals surface area (Å²) in [4.78, 5) is 0. The minimum Gasteiger partial charge on any atom is -0.316 e. The maximum atomic E-state index is 13.9. The summed E-state index contributed by atoms with van der Waals surface area (Å²) >= 11 is 5.99. The molecule has 3 atom stereocenters. The fourth-order valence-corrected chi connectivity index (χ4v) is 3.70. The van der Waals surface area contributed by atoms with Crippen molar-refractivity contribution < 1.29 is 4.39 Å². The maximum Gasteiger partial charge on any atom is 0.126 e. The van der Waals surface area contributed by atoms with Crippen molar-refractivity contribution in [1.82, 2.24) is 5.32 Å². The highest BCUT2D eigenvalue weighted by Gasteiger charge is 2.27. The Balaban J connectivity index is 2.06. The number of hydrogen-bond donors (Lipinski definition) is 1. The molecule has 1 aromatic rings. The molecular weight excluding hydrogens is 273 g/mol. The lowest BCUT2D eigenvalue weighted by molar-refractivity contribution is 0.212. The van der Waals surface area contributed by atoms with Gasteiger partial charge in [-0.15, -0.1) is 0 Å². The van der Waals surface area contributed by atoms with Crippen LogP contribution >= 0.6 is 11.6 Å². The number of benzene rings is 1. The molecular formula is C17H25ClFN. The number of rotatable bonds is 5. The smallest absolute Gasteiger partial charge is 0.126 e. The van der Waals surface area contributed by atoms with Gasteiger partial charge in [0.2, 0.25) is 0 Å². The SMILES string of the molecule is CCC1CCCC(C(Cc2cc(Cl)ccc2F)NC)C1. The van der Waals surface area contributed by atoms with Crippen LogP contribution in [0.5, 0.6) is 0 Å². The summed E-state index contributed by atoms with van der Waals surface area (Å²) in [5.74, 6) is 1.35. The van der Waals surface area contributed by atoms with Crippen LogP contribution in [0.15, 0.2) is 18.2 Å². The average molecular weight is 298 g/mol. The van der Waals surface area contributed by atoms with Crippen molar-refractivity contribution in [3.8, 4) is 0 Å². The predicted molar refractivity (Wildman–Crippen MR) is 83.7 cm³/mol. The van der Waals surface area contributed by atoms with Crippen molar-refractivity contribution >= 4 is 11.6 Å². The van der Waals surface area contributed by atoms with Crippen LogP contribution in [0.3, 0.4) is 0 Å². The molecule has 3 heteroatoms. The summed E-state index contributed by atoms with van der Waals surface area (Å²) in [7, 11) is 1.99. The summed E-state index contributed by atoms with van der Waals surface area (Å²) in [5, 5.41) is 4.02. The topological polar surface area (TPSA) is 12.0 Å². The van der Waals surface area contributed by atoms with Crippen LogP contribution in [-0.4, -0.2) is 13.1 Å². The lowest BCUT2D eigenvalue weighted by Crippen LogP contribution is -2.38. The first-order valence-corrected chi connectivity index (χ1v) is 8.13. The molecule has 20 heavy (non-hydrogen) atoms. The van der Waals surface area contributed by atoms with Crippen molar-refractivity contribution in [2.24, 2.45) is 11.8 Å². The fourth-order valence-electron chi connectivity index (χ4n) is 3.51. The van der Waals surface area contributed by atoms with Gasteiger partial charge in [-0.2, -0.15) is 0 Å². The van der Waals surface area contributed by atoms with Gasteiger partial charge < -0.3 is 5.32 Å². The standard InChI is InChI=1S/C17H25ClFN/c1-3-12-5-4-6-13(9-12)17(20-2)11-14-10-15(18)7-8-16(14)19/h7-8,10,12-13,17,20H,3-6,9,11H2,1-2H3. The molecule has 3 unspecified atom stereocenters. The summed E-state index contributed by atoms with van der Waals surface area (Å²) in [5.41, 5.74) is 0.732. The van der Waals surface area contributed by atoms with Gasteiger partial charge in [-0.05, 0) is 61.9 Å². The molecule has 1 N–H and O–H groups in total. The average Bonchev–Trinajstić information content (AvgIpc) is 2.48. The molecule has 1 aliphatic rings. The van der Waals surface area contributed by atoms with E-state index < -0.39 is 0 Å². The Hall–Kier alpha value is -0.600. The van der Waals surface area contributed by atoms with E-state index in [-0.39, 0.29) is 5.82 Å². The second kappa shape index (κ2) is 7.42. The minimum absolute atomic E-state index is 0.141. The molecule has 1 fully saturated rings. The van der Waals surface area contributed by atoms with Crippen molar-refractivity contribution in [2.75, 3.05) is 7.05 Å². The van der Waals surface area contributed by atoms with E-state index in [0.717, 1.165) is 17.9 Å². The third-order valence-corrected chi connectivity index (χ3v) is 5.02. The fraction of sp³-hybridized carbons (Fsp3) is 0.647. The Labute approximate surface area is 126 Å². The number of likely N-dealkylation sites (N-methyl/N-ethyl adjacent to an activating group) is 1. The van der Waals surface area contributed by atoms with Crippen LogP contribution in [0.2, 0.25) is 5.02 Å². The lowest BCUT2D eigenvalue weighted by atomic mass is 9.75. The summed E-state index contributed by atoms with van der Waals surface area (Å²) < 4.78 is 13.9. The summed E-state index contributed by atoms with van der Waals surface area (Å²) in [6.45, 7) is 2.28. The summed E-state index contributed by atoms with van der Waals surface area (Å²) in [6, 6.07) is 5.20. The Morgan fingerprint density at radius 3 is 2.90 bits per heavy atom. The predicted octanol–water partition coefficient (Wildman–Crippen LogP) is 4.83. The van der Waals surface area contributed by atoms with E-state index in [4.69, 9.17) is 11.6 Å². The van der Waals surface area contributed by atoms with E-state index >= 15 is 0 Å². The molecule has 1 aliphatic carbocycles. The molecule has 0 radical (unpaired) electrons. The van der Waals surface area contributed by atoms with E-state index in [2.05, 4.69) is 12.2 Å². The van der Waals surface area contributed by atoms with Crippen LogP contribution in [0, 0.1) is 17.7 Å². The Morgan fingerprint density at radius 1 is 1.40 bits per heavy atom. The highest BCUT2D eigenvalue weighted by Crippen LogP contribution is 2.34. The first-order chi connectivity index (χ1) is 9.63. The van der Waals surface area contributed by atoms with Gasteiger partial charge in [0.05, 0.1) is 0 Å². The van der Waals surface area contributed by atoms with Crippen LogP contribution in [0.4, 0.5) is 4.39 Å². The molecule has 0 amide bonds. The largest absolute Gasteiger partial charge is 0.316 e. The van der Waals surface area contributed by atoms with Gasteiger partial charge in [-0.1, -0.05) is 37.8 Å². The molecule has 0 bridgehead atoms. The first-order valence-electron chi connectivity index (χ1n) is 7.75. The van der Waals surface area contributed by atoms with Crippen LogP contribution in [0.1, 0.15) is 44.6 Å².